The fourth-order valence-electron chi connectivity index (χ4n) is 5.28. The van der Waals surface area contributed by atoms with Crippen molar-refractivity contribution in [1.29, 1.82) is 0 Å². The van der Waals surface area contributed by atoms with E-state index in [0.29, 0.717) is 24.2 Å². The summed E-state index contributed by atoms with van der Waals surface area (Å²) in [6, 6.07) is 14.5. The Morgan fingerprint density at radius 1 is 1.16 bits per heavy atom. The lowest BCUT2D eigenvalue weighted by atomic mass is 9.71. The van der Waals surface area contributed by atoms with E-state index in [0.717, 1.165) is 16.5 Å². The van der Waals surface area contributed by atoms with E-state index in [9.17, 15) is 19.7 Å². The Hall–Kier alpha value is -3.68. The van der Waals surface area contributed by atoms with Crippen LogP contribution in [0.4, 0.5) is 0 Å². The van der Waals surface area contributed by atoms with Crippen molar-refractivity contribution < 1.29 is 19.2 Å². The van der Waals surface area contributed by atoms with Crippen LogP contribution in [0.25, 0.3) is 10.9 Å². The maximum atomic E-state index is 13.5. The first-order chi connectivity index (χ1) is 15.0. The van der Waals surface area contributed by atoms with E-state index in [4.69, 9.17) is 4.74 Å². The number of para-hydroxylation sites is 1. The lowest BCUT2D eigenvalue weighted by Gasteiger charge is -2.45. The number of hydrogen-bond acceptors (Lipinski definition) is 5. The molecule has 1 N–H and O–H groups in total. The molecule has 1 amide bonds. The molecule has 1 saturated heterocycles. The van der Waals surface area contributed by atoms with Crippen molar-refractivity contribution in [1.82, 2.24) is 9.88 Å². The number of fused-ring (bicyclic) bond motifs is 5. The monoisotopic (exact) mass is 419 g/mol. The van der Waals surface area contributed by atoms with E-state index in [2.05, 4.69) is 4.98 Å². The first-order valence-electron chi connectivity index (χ1n) is 10.2. The van der Waals surface area contributed by atoms with E-state index in [1.54, 1.807) is 30.3 Å². The van der Waals surface area contributed by atoms with Gasteiger partial charge in [-0.15, -0.1) is 0 Å². The van der Waals surface area contributed by atoms with Crippen LogP contribution in [0.2, 0.25) is 0 Å². The number of nitrogens with one attached hydrogen (secondary N) is 1. The van der Waals surface area contributed by atoms with Crippen LogP contribution in [0.5, 0.6) is 0 Å². The Bertz CT molecular complexity index is 1190. The van der Waals surface area contributed by atoms with E-state index in [1.807, 2.05) is 24.3 Å². The van der Waals surface area contributed by atoms with Gasteiger partial charge in [-0.3, -0.25) is 19.7 Å². The number of aromatic amines is 1. The summed E-state index contributed by atoms with van der Waals surface area (Å²) in [5, 5.41) is 13.5. The van der Waals surface area contributed by atoms with Crippen LogP contribution in [0.3, 0.4) is 0 Å². The third-order valence-electron chi connectivity index (χ3n) is 6.56. The van der Waals surface area contributed by atoms with Gasteiger partial charge in [0.15, 0.2) is 0 Å². The molecule has 0 aliphatic carbocycles. The summed E-state index contributed by atoms with van der Waals surface area (Å²) >= 11 is 0. The largest absolute Gasteiger partial charge is 0.468 e. The van der Waals surface area contributed by atoms with E-state index >= 15 is 0 Å². The molecule has 31 heavy (non-hydrogen) atoms. The molecule has 8 heteroatoms. The summed E-state index contributed by atoms with van der Waals surface area (Å²) in [4.78, 5) is 43.2. The van der Waals surface area contributed by atoms with E-state index in [1.165, 1.54) is 12.0 Å². The highest BCUT2D eigenvalue weighted by Crippen LogP contribution is 2.48. The summed E-state index contributed by atoms with van der Waals surface area (Å²) in [7, 11) is 1.21. The average molecular weight is 419 g/mol. The van der Waals surface area contributed by atoms with Gasteiger partial charge >= 0.3 is 5.97 Å². The standard InChI is InChI=1S/C23H21N3O5/c1-31-23(28)18-17(13-7-3-2-4-8-13)20(26(29)30)21-19-15(11-12-25(21)22(18)27)14-9-5-6-10-16(14)24-19/h2-10,17-18,20-21,24H,11-12H2,1H3/t17-,18-,20+,21-/m1/s1. The van der Waals surface area contributed by atoms with Crippen LogP contribution in [-0.2, 0) is 20.7 Å². The van der Waals surface area contributed by atoms with Gasteiger partial charge in [0, 0.05) is 28.1 Å². The quantitative estimate of drug-likeness (QED) is 0.304. The highest BCUT2D eigenvalue weighted by atomic mass is 16.6. The minimum Gasteiger partial charge on any atom is -0.468 e. The van der Waals surface area contributed by atoms with Crippen molar-refractivity contribution in [3.05, 3.63) is 81.5 Å². The molecule has 0 unspecified atom stereocenters. The van der Waals surface area contributed by atoms with Gasteiger partial charge in [-0.1, -0.05) is 48.5 Å². The van der Waals surface area contributed by atoms with Crippen LogP contribution in [0.1, 0.15) is 28.8 Å². The van der Waals surface area contributed by atoms with Gasteiger partial charge in [0.25, 0.3) is 0 Å². The number of carbonyl (C=O) groups is 2. The number of nitro groups is 1. The molecule has 2 aliphatic rings. The van der Waals surface area contributed by atoms with Gasteiger partial charge in [-0.05, 0) is 23.6 Å². The summed E-state index contributed by atoms with van der Waals surface area (Å²) in [6.07, 6.45) is 0.565. The molecule has 3 heterocycles. The van der Waals surface area contributed by atoms with Gasteiger partial charge in [0.2, 0.25) is 11.9 Å². The lowest BCUT2D eigenvalue weighted by Crippen LogP contribution is -2.60. The number of nitrogens with zero attached hydrogens (tertiary/aromatic N) is 2. The summed E-state index contributed by atoms with van der Waals surface area (Å²) in [5.74, 6) is -3.36. The fraction of sp³-hybridized carbons (Fsp3) is 0.304. The Morgan fingerprint density at radius 3 is 2.58 bits per heavy atom. The summed E-state index contributed by atoms with van der Waals surface area (Å²) < 4.78 is 4.92. The predicted octanol–water partition coefficient (Wildman–Crippen LogP) is 2.83. The Balaban J connectivity index is 1.74. The topological polar surface area (TPSA) is 106 Å². The van der Waals surface area contributed by atoms with Gasteiger partial charge < -0.3 is 14.6 Å². The Morgan fingerprint density at radius 2 is 1.87 bits per heavy atom. The van der Waals surface area contributed by atoms with Crippen molar-refractivity contribution in [2.45, 2.75) is 24.4 Å². The molecule has 0 bridgehead atoms. The number of esters is 1. The van der Waals surface area contributed by atoms with Crippen LogP contribution in [-0.4, -0.2) is 46.4 Å². The lowest BCUT2D eigenvalue weighted by molar-refractivity contribution is -0.539. The van der Waals surface area contributed by atoms with Crippen LogP contribution in [0.15, 0.2) is 54.6 Å². The molecule has 1 fully saturated rings. The van der Waals surface area contributed by atoms with Gasteiger partial charge in [-0.25, -0.2) is 0 Å². The molecule has 0 spiro atoms. The van der Waals surface area contributed by atoms with Crippen LogP contribution >= 0.6 is 0 Å². The summed E-state index contributed by atoms with van der Waals surface area (Å²) in [5.41, 5.74) is 3.15. The zero-order valence-electron chi connectivity index (χ0n) is 16.9. The number of piperidine rings is 1. The van der Waals surface area contributed by atoms with Crippen molar-refractivity contribution in [2.75, 3.05) is 13.7 Å². The highest BCUT2D eigenvalue weighted by molar-refractivity contribution is 6.00. The van der Waals surface area contributed by atoms with Crippen molar-refractivity contribution in [2.24, 2.45) is 5.92 Å². The third-order valence-corrected chi connectivity index (χ3v) is 6.56. The fourth-order valence-corrected chi connectivity index (χ4v) is 5.28. The molecular formula is C23H21N3O5. The minimum absolute atomic E-state index is 0.317. The maximum Gasteiger partial charge on any atom is 0.319 e. The number of rotatable bonds is 3. The molecule has 158 valence electrons. The van der Waals surface area contributed by atoms with Crippen LogP contribution in [0, 0.1) is 16.0 Å². The average Bonchev–Trinajstić information content (AvgIpc) is 3.17. The number of hydrogen-bond donors (Lipinski definition) is 1. The van der Waals surface area contributed by atoms with Gasteiger partial charge in [-0.2, -0.15) is 0 Å². The molecule has 4 atom stereocenters. The second-order valence-corrected chi connectivity index (χ2v) is 8.00. The van der Waals surface area contributed by atoms with Crippen LogP contribution < -0.4 is 0 Å². The molecule has 0 saturated carbocycles. The smallest absolute Gasteiger partial charge is 0.319 e. The number of benzene rings is 2. The number of methoxy groups -OCH3 is 1. The number of ether oxygens (including phenoxy) is 1. The SMILES string of the molecule is COC(=O)[C@H]1C(=O)N2CCc3c([nH]c4ccccc34)[C@@H]2[C@@H]([N+](=O)[O-])[C@@H]1c1ccccc1. The zero-order valence-corrected chi connectivity index (χ0v) is 16.9. The van der Waals surface area contributed by atoms with Gasteiger partial charge in [0.05, 0.1) is 13.0 Å². The Kier molecular flexibility index (Phi) is 4.50. The minimum atomic E-state index is -1.26. The van der Waals surface area contributed by atoms with E-state index < -0.39 is 35.8 Å². The number of aromatic nitrogens is 1. The normalized spacial score (nSPS) is 25.1. The maximum absolute atomic E-state index is 13.5. The van der Waals surface area contributed by atoms with Crippen molar-refractivity contribution in [3.63, 3.8) is 0 Å². The molecule has 5 rings (SSSR count). The molecule has 2 aromatic carbocycles. The Labute approximate surface area is 178 Å². The molecule has 0 radical (unpaired) electrons. The van der Waals surface area contributed by atoms with E-state index in [-0.39, 0.29) is 4.92 Å². The van der Waals surface area contributed by atoms with Gasteiger partial charge in [0.1, 0.15) is 12.0 Å². The second-order valence-electron chi connectivity index (χ2n) is 8.00. The summed E-state index contributed by atoms with van der Waals surface area (Å²) in [6.45, 7) is 0.317. The third kappa shape index (κ3) is 2.82. The second kappa shape index (κ2) is 7.23. The predicted molar refractivity (Wildman–Crippen MR) is 112 cm³/mol. The number of H-pyrrole nitrogens is 1. The highest BCUT2D eigenvalue weighted by Gasteiger charge is 2.60. The molecular weight excluding hydrogens is 398 g/mol. The molecule has 3 aromatic rings. The van der Waals surface area contributed by atoms with Crippen molar-refractivity contribution >= 4 is 22.8 Å². The zero-order chi connectivity index (χ0) is 21.7. The molecule has 1 aromatic heterocycles. The number of carbonyl (C=O) groups excluding carboxylic acids is 2. The first-order valence-corrected chi connectivity index (χ1v) is 10.2. The molecule has 8 nitrogen and oxygen atoms in total. The van der Waals surface area contributed by atoms with Crippen molar-refractivity contribution in [3.8, 4) is 0 Å². The number of amides is 1. The molecule has 2 aliphatic heterocycles. The first kappa shape index (κ1) is 19.3.